The second-order valence-corrected chi connectivity index (χ2v) is 8.13. The van der Waals surface area contributed by atoms with E-state index in [2.05, 4.69) is 10.2 Å². The predicted molar refractivity (Wildman–Crippen MR) is 119 cm³/mol. The van der Waals surface area contributed by atoms with Crippen LogP contribution in [0.25, 0.3) is 5.76 Å². The van der Waals surface area contributed by atoms with E-state index in [4.69, 9.17) is 0 Å². The van der Waals surface area contributed by atoms with Gasteiger partial charge in [-0.2, -0.15) is 15.5 Å². The smallest absolute Gasteiger partial charge is 0.206 e. The number of ketones is 1. The fourth-order valence-electron chi connectivity index (χ4n) is 4.69. The maximum atomic E-state index is 13.1. The molecule has 1 aliphatic heterocycles. The zero-order valence-electron chi connectivity index (χ0n) is 17.4. The number of hydrogen-bond acceptors (Lipinski definition) is 7. The van der Waals surface area contributed by atoms with Crippen molar-refractivity contribution in [1.82, 2.24) is 0 Å². The number of aromatic hydroxyl groups is 1. The van der Waals surface area contributed by atoms with E-state index in [9.17, 15) is 25.4 Å². The highest BCUT2D eigenvalue weighted by atomic mass is 16.8. The summed E-state index contributed by atoms with van der Waals surface area (Å²) in [6.07, 6.45) is 0.355. The molecule has 0 saturated carbocycles. The highest BCUT2D eigenvalue weighted by Gasteiger charge is 2.41. The minimum absolute atomic E-state index is 0.0828. The van der Waals surface area contributed by atoms with Gasteiger partial charge in [-0.05, 0) is 12.0 Å². The first-order valence-corrected chi connectivity index (χ1v) is 10.5. The van der Waals surface area contributed by atoms with Crippen LogP contribution < -0.4 is 5.23 Å². The fraction of sp³-hybridized carbons (Fsp3) is 0.160. The van der Waals surface area contributed by atoms with Crippen molar-refractivity contribution in [3.63, 3.8) is 0 Å². The van der Waals surface area contributed by atoms with Crippen LogP contribution in [0.2, 0.25) is 0 Å². The van der Waals surface area contributed by atoms with E-state index in [1.807, 2.05) is 30.3 Å². The molecule has 1 heterocycles. The maximum absolute atomic E-state index is 13.1. The lowest BCUT2D eigenvalue weighted by atomic mass is 9.80. The molecule has 1 unspecified atom stereocenters. The summed E-state index contributed by atoms with van der Waals surface area (Å²) in [4.78, 5) is 13.1. The van der Waals surface area contributed by atoms with Crippen molar-refractivity contribution in [3.8, 4) is 5.75 Å². The third-order valence-corrected chi connectivity index (χ3v) is 6.29. The molecule has 1 aliphatic carbocycles. The molecule has 0 radical (unpaired) electrons. The molecule has 0 aromatic heterocycles. The van der Waals surface area contributed by atoms with Crippen molar-refractivity contribution in [2.24, 2.45) is 10.2 Å². The number of aliphatic hydroxyl groups excluding tert-OH is 1. The molecule has 0 fully saturated rings. The first kappa shape index (κ1) is 21.0. The van der Waals surface area contributed by atoms with Gasteiger partial charge in [-0.15, -0.1) is 0 Å². The Labute approximate surface area is 189 Å². The number of fused-ring (bicyclic) bond motifs is 1. The molecule has 4 N–H and O–H groups in total. The molecule has 0 amide bonds. The van der Waals surface area contributed by atoms with Crippen molar-refractivity contribution < 1.29 is 25.4 Å². The number of hydrogen-bond donors (Lipinski definition) is 4. The number of carbonyl (C=O) groups excluding carboxylic acids is 1. The van der Waals surface area contributed by atoms with Gasteiger partial charge in [-0.3, -0.25) is 4.79 Å². The molecule has 0 bridgehead atoms. The second-order valence-electron chi connectivity index (χ2n) is 8.13. The number of benzene rings is 3. The summed E-state index contributed by atoms with van der Waals surface area (Å²) in [5, 5.41) is 50.0. The van der Waals surface area contributed by atoms with Gasteiger partial charge >= 0.3 is 0 Å². The van der Waals surface area contributed by atoms with Crippen LogP contribution in [0, 0.1) is 5.21 Å². The van der Waals surface area contributed by atoms with Crippen molar-refractivity contribution >= 4 is 17.2 Å². The third kappa shape index (κ3) is 3.50. The van der Waals surface area contributed by atoms with Gasteiger partial charge in [0.15, 0.2) is 11.5 Å². The van der Waals surface area contributed by atoms with E-state index in [0.29, 0.717) is 23.1 Å². The van der Waals surface area contributed by atoms with Crippen LogP contribution in [0.15, 0.2) is 88.6 Å². The van der Waals surface area contributed by atoms with E-state index in [1.54, 1.807) is 36.4 Å². The Bertz CT molecular complexity index is 1290. The zero-order chi connectivity index (χ0) is 23.1. The maximum Gasteiger partial charge on any atom is 0.206 e. The van der Waals surface area contributed by atoms with Crippen LogP contribution in [-0.2, 0) is 0 Å². The molecule has 2 aliphatic rings. The van der Waals surface area contributed by atoms with Crippen molar-refractivity contribution in [1.29, 1.82) is 0 Å². The molecule has 3 aromatic rings. The molecule has 8 heteroatoms. The number of para-hydroxylation sites is 1. The van der Waals surface area contributed by atoms with Gasteiger partial charge in [-0.1, -0.05) is 66.7 Å². The largest absolute Gasteiger partial charge is 0.595 e. The Morgan fingerprint density at radius 1 is 0.879 bits per heavy atom. The van der Waals surface area contributed by atoms with Crippen LogP contribution >= 0.6 is 0 Å². The summed E-state index contributed by atoms with van der Waals surface area (Å²) in [5.41, 5.74) is 2.18. The number of Topliss-reactive ketones (excluding diaryl/α,β-unsaturated/α-hetero) is 1. The van der Waals surface area contributed by atoms with Gasteiger partial charge in [0.2, 0.25) is 5.69 Å². The van der Waals surface area contributed by atoms with Crippen LogP contribution in [-0.4, -0.2) is 27.2 Å². The summed E-state index contributed by atoms with van der Waals surface area (Å²) in [6, 6.07) is 19.6. The third-order valence-electron chi connectivity index (χ3n) is 6.29. The lowest BCUT2D eigenvalue weighted by Crippen LogP contribution is -2.99. The fourth-order valence-corrected chi connectivity index (χ4v) is 4.69. The molecule has 8 nitrogen and oxygen atoms in total. The number of nitrogens with zero attached hydrogens (tertiary/aromatic N) is 2. The lowest BCUT2D eigenvalue weighted by Gasteiger charge is -2.31. The molecular formula is C25H21N3O5. The predicted octanol–water partition coefficient (Wildman–Crippen LogP) is 4.01. The zero-order valence-corrected chi connectivity index (χ0v) is 17.4. The average molecular weight is 443 g/mol. The van der Waals surface area contributed by atoms with Gasteiger partial charge in [-0.25, -0.2) is 5.21 Å². The van der Waals surface area contributed by atoms with E-state index in [1.165, 1.54) is 6.07 Å². The topological polar surface area (TPSA) is 130 Å². The monoisotopic (exact) mass is 443 g/mol. The van der Waals surface area contributed by atoms with Crippen molar-refractivity contribution in [2.75, 3.05) is 0 Å². The summed E-state index contributed by atoms with van der Waals surface area (Å²) in [6.45, 7) is 0. The summed E-state index contributed by atoms with van der Waals surface area (Å²) >= 11 is 0. The van der Waals surface area contributed by atoms with Crippen molar-refractivity contribution in [2.45, 2.75) is 24.4 Å². The summed E-state index contributed by atoms with van der Waals surface area (Å²) in [7, 11) is 0. The number of nitrogens with one attached hydrogen (secondary N) is 1. The van der Waals surface area contributed by atoms with Gasteiger partial charge in [0.1, 0.15) is 17.8 Å². The normalized spacial score (nSPS) is 23.0. The van der Waals surface area contributed by atoms with E-state index in [-0.39, 0.29) is 34.5 Å². The van der Waals surface area contributed by atoms with E-state index < -0.39 is 17.3 Å². The number of quaternary nitrogens is 1. The number of azo groups is 1. The Morgan fingerprint density at radius 2 is 1.58 bits per heavy atom. The Hall–Kier alpha value is -3.85. The Kier molecular flexibility index (Phi) is 5.26. The SMILES string of the molecule is O=C1C([C@@H]2C[C@H](c3ccccc3)[C@@H](c3cccc([NH+]([O-])O)c3O)N=N2)=C(O)c2ccccc21. The first-order chi connectivity index (χ1) is 16.0. The molecule has 0 saturated heterocycles. The molecule has 33 heavy (non-hydrogen) atoms. The highest BCUT2D eigenvalue weighted by molar-refractivity contribution is 6.20. The van der Waals surface area contributed by atoms with Crippen molar-refractivity contribution in [3.05, 3.63) is 106 Å². The standard InChI is InChI=1S/C25H21N3O5/c29-23-17(11-6-12-20(23)28(32)33)22-18(14-7-2-1-3-8-14)13-19(26-27-22)21-24(30)15-9-4-5-10-16(15)25(21)31/h1-12,18-19,22,28-30,32H,13H2/t18-,19+,22-/m1/s1. The van der Waals surface area contributed by atoms with Crippen LogP contribution in [0.3, 0.4) is 0 Å². The minimum atomic E-state index is -1.24. The molecule has 3 aromatic carbocycles. The van der Waals surface area contributed by atoms with Crippen LogP contribution in [0.5, 0.6) is 5.75 Å². The molecule has 5 rings (SSSR count). The van der Waals surface area contributed by atoms with Gasteiger partial charge in [0.05, 0.1) is 5.57 Å². The minimum Gasteiger partial charge on any atom is -0.595 e. The first-order valence-electron chi connectivity index (χ1n) is 10.5. The number of carbonyl (C=O) groups is 1. The molecular weight excluding hydrogens is 422 g/mol. The molecule has 166 valence electrons. The summed E-state index contributed by atoms with van der Waals surface area (Å²) < 4.78 is 0. The van der Waals surface area contributed by atoms with Crippen LogP contribution in [0.1, 0.15) is 45.4 Å². The number of phenols is 1. The molecule has 4 atom stereocenters. The molecule has 0 spiro atoms. The quantitative estimate of drug-likeness (QED) is 0.358. The van der Waals surface area contributed by atoms with Gasteiger partial charge < -0.3 is 15.4 Å². The number of phenolic OH excluding ortho intramolecular Hbond substituents is 1. The number of rotatable bonds is 4. The average Bonchev–Trinajstić information content (AvgIpc) is 3.09. The van der Waals surface area contributed by atoms with E-state index >= 15 is 0 Å². The van der Waals surface area contributed by atoms with Crippen LogP contribution in [0.4, 0.5) is 5.69 Å². The Morgan fingerprint density at radius 3 is 2.27 bits per heavy atom. The van der Waals surface area contributed by atoms with E-state index in [0.717, 1.165) is 5.56 Å². The highest BCUT2D eigenvalue weighted by Crippen LogP contribution is 2.48. The Balaban J connectivity index is 1.59. The second kappa shape index (κ2) is 8.25. The number of aliphatic hydroxyl groups is 1. The van der Waals surface area contributed by atoms with Gasteiger partial charge in [0.25, 0.3) is 0 Å². The lowest BCUT2D eigenvalue weighted by molar-refractivity contribution is -0.991. The summed E-state index contributed by atoms with van der Waals surface area (Å²) in [5.74, 6) is -1.01. The van der Waals surface area contributed by atoms with Gasteiger partial charge in [0, 0.05) is 28.7 Å².